The predicted octanol–water partition coefficient (Wildman–Crippen LogP) is -0.0161. The Morgan fingerprint density at radius 2 is 1.94 bits per heavy atom. The highest BCUT2D eigenvalue weighted by atomic mass is 16.4. The standard InChI is InChI=1S/C10H19N3O3/c11-8(9(14)15)4-5-12-10(16)13-6-2-1-3-7-13/h8H,1-7,11H2,(H,12,16)(H,14,15). The molecule has 0 aromatic carbocycles. The molecule has 1 heterocycles. The zero-order valence-electron chi connectivity index (χ0n) is 9.32. The summed E-state index contributed by atoms with van der Waals surface area (Å²) in [5.41, 5.74) is 5.32. The van der Waals surface area contributed by atoms with Crippen LogP contribution in [0.3, 0.4) is 0 Å². The van der Waals surface area contributed by atoms with Crippen molar-refractivity contribution in [1.29, 1.82) is 0 Å². The van der Waals surface area contributed by atoms with Gasteiger partial charge in [0.2, 0.25) is 0 Å². The third kappa shape index (κ3) is 4.06. The molecule has 6 nitrogen and oxygen atoms in total. The van der Waals surface area contributed by atoms with Gasteiger partial charge in [-0.1, -0.05) is 0 Å². The van der Waals surface area contributed by atoms with Crippen molar-refractivity contribution in [3.05, 3.63) is 0 Å². The Morgan fingerprint density at radius 1 is 1.31 bits per heavy atom. The number of carbonyl (C=O) groups is 2. The molecule has 0 aliphatic carbocycles. The van der Waals surface area contributed by atoms with Crippen LogP contribution in [0.2, 0.25) is 0 Å². The molecule has 0 aromatic rings. The lowest BCUT2D eigenvalue weighted by Crippen LogP contribution is -2.44. The van der Waals surface area contributed by atoms with E-state index in [4.69, 9.17) is 10.8 Å². The second-order valence-corrected chi connectivity index (χ2v) is 4.01. The van der Waals surface area contributed by atoms with E-state index in [0.29, 0.717) is 6.54 Å². The molecule has 4 N–H and O–H groups in total. The second kappa shape index (κ2) is 6.32. The van der Waals surface area contributed by atoms with Crippen molar-refractivity contribution in [2.75, 3.05) is 19.6 Å². The molecule has 1 aliphatic heterocycles. The summed E-state index contributed by atoms with van der Waals surface area (Å²) in [5, 5.41) is 11.2. The van der Waals surface area contributed by atoms with E-state index in [1.54, 1.807) is 4.90 Å². The molecule has 2 amide bonds. The van der Waals surface area contributed by atoms with E-state index < -0.39 is 12.0 Å². The summed E-state index contributed by atoms with van der Waals surface area (Å²) in [6.45, 7) is 1.89. The van der Waals surface area contributed by atoms with Crippen LogP contribution < -0.4 is 11.1 Å². The number of nitrogens with one attached hydrogen (secondary N) is 1. The minimum atomic E-state index is -1.03. The number of piperidine rings is 1. The molecule has 1 atom stereocenters. The minimum absolute atomic E-state index is 0.114. The number of likely N-dealkylation sites (tertiary alicyclic amines) is 1. The van der Waals surface area contributed by atoms with Crippen molar-refractivity contribution in [2.24, 2.45) is 5.73 Å². The van der Waals surface area contributed by atoms with Crippen molar-refractivity contribution in [3.63, 3.8) is 0 Å². The van der Waals surface area contributed by atoms with Crippen LogP contribution in [0, 0.1) is 0 Å². The minimum Gasteiger partial charge on any atom is -0.480 e. The largest absolute Gasteiger partial charge is 0.480 e. The number of carbonyl (C=O) groups excluding carboxylic acids is 1. The monoisotopic (exact) mass is 229 g/mol. The highest BCUT2D eigenvalue weighted by Crippen LogP contribution is 2.08. The quantitative estimate of drug-likeness (QED) is 0.631. The van der Waals surface area contributed by atoms with Crippen LogP contribution in [0.1, 0.15) is 25.7 Å². The van der Waals surface area contributed by atoms with Crippen LogP contribution in [0.15, 0.2) is 0 Å². The van der Waals surface area contributed by atoms with E-state index in [1.165, 1.54) is 6.42 Å². The summed E-state index contributed by atoms with van der Waals surface area (Å²) < 4.78 is 0. The lowest BCUT2D eigenvalue weighted by molar-refractivity contribution is -0.138. The summed E-state index contributed by atoms with van der Waals surface area (Å²) in [4.78, 5) is 23.8. The van der Waals surface area contributed by atoms with Crippen molar-refractivity contribution in [2.45, 2.75) is 31.7 Å². The zero-order valence-corrected chi connectivity index (χ0v) is 9.32. The molecular weight excluding hydrogens is 210 g/mol. The van der Waals surface area contributed by atoms with Gasteiger partial charge in [-0.2, -0.15) is 0 Å². The van der Waals surface area contributed by atoms with Gasteiger partial charge >= 0.3 is 12.0 Å². The number of nitrogens with zero attached hydrogens (tertiary/aromatic N) is 1. The fourth-order valence-electron chi connectivity index (χ4n) is 1.67. The van der Waals surface area contributed by atoms with Gasteiger partial charge in [0.25, 0.3) is 0 Å². The zero-order chi connectivity index (χ0) is 12.0. The van der Waals surface area contributed by atoms with Gasteiger partial charge in [0, 0.05) is 19.6 Å². The molecule has 1 unspecified atom stereocenters. The number of nitrogens with two attached hydrogens (primary N) is 1. The molecule has 0 spiro atoms. The Hall–Kier alpha value is -1.30. The Kier molecular flexibility index (Phi) is 5.04. The summed E-state index contributed by atoms with van der Waals surface area (Å²) in [7, 11) is 0. The highest BCUT2D eigenvalue weighted by Gasteiger charge is 2.16. The maximum absolute atomic E-state index is 11.6. The maximum Gasteiger partial charge on any atom is 0.320 e. The third-order valence-electron chi connectivity index (χ3n) is 2.69. The van der Waals surface area contributed by atoms with E-state index in [1.807, 2.05) is 0 Å². The van der Waals surface area contributed by atoms with Gasteiger partial charge in [-0.15, -0.1) is 0 Å². The Labute approximate surface area is 94.8 Å². The highest BCUT2D eigenvalue weighted by molar-refractivity contribution is 5.75. The molecule has 0 bridgehead atoms. The molecule has 92 valence electrons. The molecule has 0 radical (unpaired) electrons. The van der Waals surface area contributed by atoms with E-state index in [0.717, 1.165) is 25.9 Å². The summed E-state index contributed by atoms with van der Waals surface area (Å²) >= 11 is 0. The smallest absolute Gasteiger partial charge is 0.320 e. The van der Waals surface area contributed by atoms with Crippen LogP contribution in [0.5, 0.6) is 0 Å². The number of amides is 2. The summed E-state index contributed by atoms with van der Waals surface area (Å²) in [6.07, 6.45) is 3.52. The molecule has 0 saturated carbocycles. The second-order valence-electron chi connectivity index (χ2n) is 4.01. The average Bonchev–Trinajstić information content (AvgIpc) is 2.29. The number of carboxylic acids is 1. The Morgan fingerprint density at radius 3 is 2.50 bits per heavy atom. The first kappa shape index (κ1) is 12.8. The van der Waals surface area contributed by atoms with Crippen LogP contribution in [-0.4, -0.2) is 47.7 Å². The number of urea groups is 1. The molecule has 1 rings (SSSR count). The lowest BCUT2D eigenvalue weighted by Gasteiger charge is -2.26. The normalized spacial score (nSPS) is 17.9. The number of aliphatic carboxylic acids is 1. The van der Waals surface area contributed by atoms with Crippen LogP contribution in [0.4, 0.5) is 4.79 Å². The van der Waals surface area contributed by atoms with Crippen LogP contribution >= 0.6 is 0 Å². The fraction of sp³-hybridized carbons (Fsp3) is 0.800. The maximum atomic E-state index is 11.6. The molecule has 1 saturated heterocycles. The van der Waals surface area contributed by atoms with Crippen molar-refractivity contribution >= 4 is 12.0 Å². The van der Waals surface area contributed by atoms with Gasteiger partial charge in [-0.25, -0.2) is 4.79 Å². The Balaban J connectivity index is 2.16. The Bertz CT molecular complexity index is 252. The van der Waals surface area contributed by atoms with Gasteiger partial charge in [0.05, 0.1) is 0 Å². The molecule has 1 aliphatic rings. The van der Waals surface area contributed by atoms with Gasteiger partial charge in [-0.3, -0.25) is 4.79 Å². The molecule has 16 heavy (non-hydrogen) atoms. The first-order valence-electron chi connectivity index (χ1n) is 5.62. The van der Waals surface area contributed by atoms with Gasteiger partial charge < -0.3 is 21.1 Å². The van der Waals surface area contributed by atoms with Crippen molar-refractivity contribution in [1.82, 2.24) is 10.2 Å². The number of hydrogen-bond donors (Lipinski definition) is 3. The van der Waals surface area contributed by atoms with E-state index in [2.05, 4.69) is 5.32 Å². The van der Waals surface area contributed by atoms with E-state index in [-0.39, 0.29) is 12.5 Å². The van der Waals surface area contributed by atoms with Crippen LogP contribution in [0.25, 0.3) is 0 Å². The predicted molar refractivity (Wildman–Crippen MR) is 59.1 cm³/mol. The molecule has 6 heteroatoms. The van der Waals surface area contributed by atoms with Gasteiger partial charge in [0.15, 0.2) is 0 Å². The van der Waals surface area contributed by atoms with E-state index in [9.17, 15) is 9.59 Å². The van der Waals surface area contributed by atoms with Crippen LogP contribution in [-0.2, 0) is 4.79 Å². The SMILES string of the molecule is NC(CCNC(=O)N1CCCCC1)C(=O)O. The first-order valence-corrected chi connectivity index (χ1v) is 5.62. The number of rotatable bonds is 4. The van der Waals surface area contributed by atoms with E-state index >= 15 is 0 Å². The van der Waals surface area contributed by atoms with Gasteiger partial charge in [0.1, 0.15) is 6.04 Å². The van der Waals surface area contributed by atoms with Crippen molar-refractivity contribution in [3.8, 4) is 0 Å². The average molecular weight is 229 g/mol. The molecule has 1 fully saturated rings. The number of hydrogen-bond acceptors (Lipinski definition) is 3. The lowest BCUT2D eigenvalue weighted by atomic mass is 10.1. The topological polar surface area (TPSA) is 95.7 Å². The first-order chi connectivity index (χ1) is 7.61. The molecule has 0 aromatic heterocycles. The molecular formula is C10H19N3O3. The van der Waals surface area contributed by atoms with Crippen molar-refractivity contribution < 1.29 is 14.7 Å². The fourth-order valence-corrected chi connectivity index (χ4v) is 1.67. The van der Waals surface area contributed by atoms with Gasteiger partial charge in [-0.05, 0) is 25.7 Å². The third-order valence-corrected chi connectivity index (χ3v) is 2.69. The number of carboxylic acid groups (broad SMARTS) is 1. The summed E-state index contributed by atoms with van der Waals surface area (Å²) in [5.74, 6) is -1.03. The summed E-state index contributed by atoms with van der Waals surface area (Å²) in [6, 6.07) is -1.01.